The van der Waals surface area contributed by atoms with E-state index < -0.39 is 0 Å². The molecule has 0 fully saturated rings. The number of benzene rings is 4. The predicted octanol–water partition coefficient (Wildman–Crippen LogP) is 2.95. The highest BCUT2D eigenvalue weighted by Crippen LogP contribution is 2.39. The van der Waals surface area contributed by atoms with Gasteiger partial charge in [0.1, 0.15) is 5.75 Å². The van der Waals surface area contributed by atoms with Crippen molar-refractivity contribution in [3.05, 3.63) is 103 Å². The van der Waals surface area contributed by atoms with Crippen LogP contribution in [-0.4, -0.2) is 7.11 Å². The summed E-state index contributed by atoms with van der Waals surface area (Å²) in [5, 5.41) is 2.33. The van der Waals surface area contributed by atoms with Gasteiger partial charge in [-0.2, -0.15) is 4.57 Å². The Bertz CT molecular complexity index is 1280. The molecule has 5 rings (SSSR count). The molecular weight excluding hydrogens is 422 g/mol. The Labute approximate surface area is 180 Å². The lowest BCUT2D eigenvalue weighted by atomic mass is 9.95. The zero-order valence-electron chi connectivity index (χ0n) is 16.0. The number of fused-ring (bicyclic) bond motifs is 2. The maximum absolute atomic E-state index is 5.82. The Morgan fingerprint density at radius 3 is 1.97 bits per heavy atom. The quantitative estimate of drug-likeness (QED) is 0.310. The van der Waals surface area contributed by atoms with Gasteiger partial charge in [0.05, 0.1) is 17.9 Å². The average molecular weight is 442 g/mol. The molecule has 0 saturated carbocycles. The number of nitrogens with zero attached hydrogens (tertiary/aromatic N) is 1. The summed E-state index contributed by atoms with van der Waals surface area (Å²) >= 11 is 0. The first kappa shape index (κ1) is 19.2. The highest BCUT2D eigenvalue weighted by molar-refractivity contribution is 6.09. The lowest BCUT2D eigenvalue weighted by Gasteiger charge is -2.14. The van der Waals surface area contributed by atoms with Gasteiger partial charge in [-0.25, -0.2) is 0 Å². The van der Waals surface area contributed by atoms with E-state index in [2.05, 4.69) is 95.6 Å². The number of hydrogen-bond donors (Lipinski definition) is 0. The molecule has 2 nitrogen and oxygen atoms in total. The van der Waals surface area contributed by atoms with Gasteiger partial charge < -0.3 is 21.7 Å². The van der Waals surface area contributed by atoms with Crippen LogP contribution >= 0.6 is 0 Å². The molecule has 1 aromatic heterocycles. The molecule has 1 heterocycles. The van der Waals surface area contributed by atoms with Crippen molar-refractivity contribution in [1.82, 2.24) is 0 Å². The van der Waals surface area contributed by atoms with Gasteiger partial charge in [-0.05, 0) is 17.7 Å². The van der Waals surface area contributed by atoms with Crippen LogP contribution in [0.25, 0.3) is 38.6 Å². The molecule has 4 aromatic carbocycles. The molecular formula is C26H20BrNO. The average Bonchev–Trinajstić information content (AvgIpc) is 2.78. The Morgan fingerprint density at radius 1 is 0.621 bits per heavy atom. The van der Waals surface area contributed by atoms with E-state index in [9.17, 15) is 0 Å². The Balaban J connectivity index is 0.00000205. The lowest BCUT2D eigenvalue weighted by molar-refractivity contribution is -0.537. The molecule has 0 saturated heterocycles. The van der Waals surface area contributed by atoms with Crippen LogP contribution in [0, 0.1) is 0 Å². The summed E-state index contributed by atoms with van der Waals surface area (Å²) < 4.78 is 8.14. The van der Waals surface area contributed by atoms with Gasteiger partial charge in [-0.15, -0.1) is 0 Å². The second-order valence-electron chi connectivity index (χ2n) is 6.78. The van der Waals surface area contributed by atoms with Crippen LogP contribution in [-0.2, 0) is 0 Å². The minimum absolute atomic E-state index is 0. The summed E-state index contributed by atoms with van der Waals surface area (Å²) in [4.78, 5) is 0. The number of aromatic nitrogens is 1. The molecule has 0 atom stereocenters. The summed E-state index contributed by atoms with van der Waals surface area (Å²) in [5.41, 5.74) is 5.83. The fourth-order valence-corrected chi connectivity index (χ4v) is 4.03. The SMILES string of the molecule is COc1cccc2c1c(-c1ccccc1)c1ccccc1[n+]2-c1ccccc1.[Br-]. The molecule has 3 heteroatoms. The summed E-state index contributed by atoms with van der Waals surface area (Å²) in [6.07, 6.45) is 0. The molecule has 0 aliphatic heterocycles. The Hall–Kier alpha value is -3.17. The van der Waals surface area contributed by atoms with Crippen molar-refractivity contribution in [3.63, 3.8) is 0 Å². The normalized spacial score (nSPS) is 10.7. The van der Waals surface area contributed by atoms with Gasteiger partial charge in [0.15, 0.2) is 0 Å². The van der Waals surface area contributed by atoms with E-state index >= 15 is 0 Å². The van der Waals surface area contributed by atoms with Crippen LogP contribution in [0.4, 0.5) is 0 Å². The number of halogens is 1. The van der Waals surface area contributed by atoms with Crippen LogP contribution in [0.1, 0.15) is 0 Å². The summed E-state index contributed by atoms with van der Waals surface area (Å²) in [7, 11) is 1.74. The predicted molar refractivity (Wildman–Crippen MR) is 115 cm³/mol. The maximum atomic E-state index is 5.82. The van der Waals surface area contributed by atoms with Crippen LogP contribution in [0.5, 0.6) is 5.75 Å². The number of para-hydroxylation sites is 2. The molecule has 0 N–H and O–H groups in total. The number of ether oxygens (including phenoxy) is 1. The van der Waals surface area contributed by atoms with Crippen LogP contribution in [0.15, 0.2) is 103 Å². The first-order valence-electron chi connectivity index (χ1n) is 9.43. The zero-order valence-corrected chi connectivity index (χ0v) is 17.6. The van der Waals surface area contributed by atoms with E-state index in [1.54, 1.807) is 7.11 Å². The van der Waals surface area contributed by atoms with Crippen molar-refractivity contribution in [2.75, 3.05) is 7.11 Å². The number of pyridine rings is 1. The molecule has 0 radical (unpaired) electrons. The summed E-state index contributed by atoms with van der Waals surface area (Å²) in [6.45, 7) is 0. The third kappa shape index (κ3) is 3.18. The first-order chi connectivity index (χ1) is 13.9. The molecule has 0 spiro atoms. The molecule has 0 unspecified atom stereocenters. The largest absolute Gasteiger partial charge is 1.00 e. The van der Waals surface area contributed by atoms with Crippen molar-refractivity contribution in [2.45, 2.75) is 0 Å². The second-order valence-corrected chi connectivity index (χ2v) is 6.78. The van der Waals surface area contributed by atoms with Gasteiger partial charge in [0.25, 0.3) is 0 Å². The van der Waals surface area contributed by atoms with E-state index in [0.29, 0.717) is 0 Å². The molecule has 0 aliphatic rings. The van der Waals surface area contributed by atoms with Crippen molar-refractivity contribution in [2.24, 2.45) is 0 Å². The van der Waals surface area contributed by atoms with Crippen LogP contribution < -0.4 is 26.3 Å². The fourth-order valence-electron chi connectivity index (χ4n) is 4.03. The van der Waals surface area contributed by atoms with Crippen LogP contribution in [0.2, 0.25) is 0 Å². The second kappa shape index (κ2) is 8.06. The fraction of sp³-hybridized carbons (Fsp3) is 0.0385. The molecule has 0 amide bonds. The monoisotopic (exact) mass is 441 g/mol. The van der Waals surface area contributed by atoms with Gasteiger partial charge >= 0.3 is 0 Å². The maximum Gasteiger partial charge on any atom is 0.223 e. The lowest BCUT2D eigenvalue weighted by Crippen LogP contribution is -3.00. The summed E-state index contributed by atoms with van der Waals surface area (Å²) in [5.74, 6) is 0.881. The van der Waals surface area contributed by atoms with Gasteiger partial charge in [-0.3, -0.25) is 0 Å². The van der Waals surface area contributed by atoms with E-state index in [-0.39, 0.29) is 17.0 Å². The highest BCUT2D eigenvalue weighted by Gasteiger charge is 2.25. The minimum Gasteiger partial charge on any atom is -1.00 e. The van der Waals surface area contributed by atoms with Gasteiger partial charge in [-0.1, -0.05) is 66.7 Å². The standard InChI is InChI=1S/C26H20NO.BrH/c1-28-24-18-10-17-23-26(24)25(19-11-4-2-5-12-19)21-15-8-9-16-22(21)27(23)20-13-6-3-7-14-20;/h2-18H,1H3;1H/q+1;/p-1. The third-order valence-electron chi connectivity index (χ3n) is 5.21. The topological polar surface area (TPSA) is 13.1 Å². The number of rotatable bonds is 3. The van der Waals surface area contributed by atoms with Gasteiger partial charge in [0, 0.05) is 29.8 Å². The molecule has 0 bridgehead atoms. The zero-order chi connectivity index (χ0) is 18.9. The third-order valence-corrected chi connectivity index (χ3v) is 5.21. The Morgan fingerprint density at radius 2 is 1.24 bits per heavy atom. The summed E-state index contributed by atoms with van der Waals surface area (Å²) in [6, 6.07) is 35.9. The molecule has 5 aromatic rings. The van der Waals surface area contributed by atoms with E-state index in [1.165, 1.54) is 22.0 Å². The van der Waals surface area contributed by atoms with Crippen molar-refractivity contribution in [3.8, 4) is 22.6 Å². The minimum atomic E-state index is 0. The van der Waals surface area contributed by atoms with E-state index in [1.807, 2.05) is 12.1 Å². The number of methoxy groups -OCH3 is 1. The number of hydrogen-bond acceptors (Lipinski definition) is 1. The van der Waals surface area contributed by atoms with Crippen molar-refractivity contribution >= 4 is 21.8 Å². The molecule has 142 valence electrons. The van der Waals surface area contributed by atoms with E-state index in [0.717, 1.165) is 22.3 Å². The first-order valence-corrected chi connectivity index (χ1v) is 9.43. The van der Waals surface area contributed by atoms with Gasteiger partial charge in [0.2, 0.25) is 16.7 Å². The van der Waals surface area contributed by atoms with Crippen molar-refractivity contribution in [1.29, 1.82) is 0 Å². The van der Waals surface area contributed by atoms with Crippen molar-refractivity contribution < 1.29 is 26.3 Å². The molecule has 0 aliphatic carbocycles. The van der Waals surface area contributed by atoms with Crippen LogP contribution in [0.3, 0.4) is 0 Å². The smallest absolute Gasteiger partial charge is 0.223 e. The van der Waals surface area contributed by atoms with E-state index in [4.69, 9.17) is 4.74 Å². The highest BCUT2D eigenvalue weighted by atomic mass is 79.9. The molecule has 29 heavy (non-hydrogen) atoms. The Kier molecular flexibility index (Phi) is 5.32.